The Bertz CT molecular complexity index is 2650. The van der Waals surface area contributed by atoms with Gasteiger partial charge in [-0.2, -0.15) is 0 Å². The van der Waals surface area contributed by atoms with Crippen LogP contribution in [0.1, 0.15) is 0 Å². The minimum atomic E-state index is -0.207. The summed E-state index contributed by atoms with van der Waals surface area (Å²) in [7, 11) is 0. The second-order valence-electron chi connectivity index (χ2n) is 13.2. The summed E-state index contributed by atoms with van der Waals surface area (Å²) in [5.41, 5.74) is 7.70. The Balaban J connectivity index is 1.08. The predicted molar refractivity (Wildman–Crippen MR) is 200 cm³/mol. The monoisotopic (exact) mass is 668 g/mol. The van der Waals surface area contributed by atoms with E-state index in [0.29, 0.717) is 52.0 Å². The van der Waals surface area contributed by atoms with Crippen molar-refractivity contribution in [3.05, 3.63) is 128 Å². The number of para-hydroxylation sites is 3. The van der Waals surface area contributed by atoms with Gasteiger partial charge in [0.2, 0.25) is 0 Å². The van der Waals surface area contributed by atoms with E-state index in [4.69, 9.17) is 44.1 Å². The number of hydrogen-bond acceptors (Lipinski definition) is 9. The standard InChI is InChI=1S/C42H21BN6O3/c1-4-10-28-22(7-1)19-44-40(47-28)25-13-31-37-32(14-25)51-34-16-27(42-46-21-24-9-3-6-12-30(24)49-42)18-36-39(34)43(37)38-33(50-31)15-26(17-35(38)52-36)41-45-20-23-8-2-5-11-29(23)48-41/h1-21H. The van der Waals surface area contributed by atoms with E-state index in [1.807, 2.05) is 128 Å². The fourth-order valence-corrected chi connectivity index (χ4v) is 7.67. The second-order valence-corrected chi connectivity index (χ2v) is 13.2. The average Bonchev–Trinajstić information content (AvgIpc) is 3.19. The summed E-state index contributed by atoms with van der Waals surface area (Å²) < 4.78 is 20.4. The van der Waals surface area contributed by atoms with E-state index < -0.39 is 0 Å². The zero-order chi connectivity index (χ0) is 33.9. The molecule has 3 aliphatic heterocycles. The first-order valence-electron chi connectivity index (χ1n) is 16.9. The van der Waals surface area contributed by atoms with Gasteiger partial charge < -0.3 is 14.2 Å². The Morgan fingerprint density at radius 2 is 0.654 bits per heavy atom. The van der Waals surface area contributed by atoms with Crippen LogP contribution in [0.2, 0.25) is 0 Å². The third-order valence-corrected chi connectivity index (χ3v) is 10.1. The molecule has 0 N–H and O–H groups in total. The zero-order valence-corrected chi connectivity index (χ0v) is 27.1. The largest absolute Gasteiger partial charge is 0.458 e. The van der Waals surface area contributed by atoms with Crippen LogP contribution in [-0.2, 0) is 0 Å². The van der Waals surface area contributed by atoms with Crippen LogP contribution in [0, 0.1) is 0 Å². The lowest BCUT2D eigenvalue weighted by molar-refractivity contribution is 0.443. The van der Waals surface area contributed by atoms with E-state index in [0.717, 1.165) is 65.8 Å². The van der Waals surface area contributed by atoms with Gasteiger partial charge in [-0.05, 0) is 54.6 Å². The maximum atomic E-state index is 6.79. The SMILES string of the molecule is c1ccc2nc(-c3cc4c5c(c3)Oc3cc(-c6ncc7ccccc7n6)cc6c3B5c3c(cc(-c5ncc7ccccc7n5)cc3O6)O4)ncc2c1. The third-order valence-electron chi connectivity index (χ3n) is 10.1. The van der Waals surface area contributed by atoms with Crippen molar-refractivity contribution in [1.82, 2.24) is 29.9 Å². The topological polar surface area (TPSA) is 105 Å². The maximum Gasteiger partial charge on any atom is 0.270 e. The summed E-state index contributed by atoms with van der Waals surface area (Å²) in [4.78, 5) is 28.9. The van der Waals surface area contributed by atoms with Crippen LogP contribution in [-0.4, -0.2) is 36.6 Å². The van der Waals surface area contributed by atoms with Gasteiger partial charge in [-0.15, -0.1) is 0 Å². The lowest BCUT2D eigenvalue weighted by Crippen LogP contribution is -2.59. The van der Waals surface area contributed by atoms with Crippen LogP contribution < -0.4 is 30.6 Å². The van der Waals surface area contributed by atoms with Crippen LogP contribution in [0.15, 0.2) is 128 Å². The molecule has 0 amide bonds. The Kier molecular flexibility index (Phi) is 5.40. The van der Waals surface area contributed by atoms with Gasteiger partial charge in [0.1, 0.15) is 34.5 Å². The fourth-order valence-electron chi connectivity index (χ4n) is 7.67. The number of aromatic nitrogens is 6. The van der Waals surface area contributed by atoms with Crippen LogP contribution in [0.3, 0.4) is 0 Å². The van der Waals surface area contributed by atoms with E-state index in [1.165, 1.54) is 0 Å². The van der Waals surface area contributed by atoms with Crippen molar-refractivity contribution in [3.8, 4) is 68.7 Å². The highest BCUT2D eigenvalue weighted by atomic mass is 16.5. The Labute approximate surface area is 295 Å². The number of nitrogens with zero attached hydrogens (tertiary/aromatic N) is 6. The fraction of sp³-hybridized carbons (Fsp3) is 0. The van der Waals surface area contributed by atoms with Gasteiger partial charge in [0, 0.05) is 67.8 Å². The predicted octanol–water partition coefficient (Wildman–Crippen LogP) is 7.35. The molecule has 12 rings (SSSR count). The van der Waals surface area contributed by atoms with E-state index in [-0.39, 0.29) is 6.71 Å². The Morgan fingerprint density at radius 3 is 0.962 bits per heavy atom. The van der Waals surface area contributed by atoms with E-state index in [2.05, 4.69) is 0 Å². The molecule has 9 aromatic rings. The number of rotatable bonds is 3. The Morgan fingerprint density at radius 1 is 0.365 bits per heavy atom. The number of fused-ring (bicyclic) bond motifs is 3. The second kappa shape index (κ2) is 10.2. The maximum absolute atomic E-state index is 6.79. The molecule has 6 heterocycles. The molecule has 0 fully saturated rings. The molecular formula is C42H21BN6O3. The molecule has 3 aliphatic rings. The Hall–Kier alpha value is -7.20. The molecule has 52 heavy (non-hydrogen) atoms. The molecule has 0 atom stereocenters. The molecule has 0 radical (unpaired) electrons. The summed E-state index contributed by atoms with van der Waals surface area (Å²) in [6, 6.07) is 35.9. The molecule has 0 unspecified atom stereocenters. The summed E-state index contributed by atoms with van der Waals surface area (Å²) in [5.74, 6) is 5.75. The summed E-state index contributed by atoms with van der Waals surface area (Å²) in [6.45, 7) is -0.207. The van der Waals surface area contributed by atoms with Gasteiger partial charge in [-0.1, -0.05) is 54.6 Å². The summed E-state index contributed by atoms with van der Waals surface area (Å²) in [6.07, 6.45) is 5.53. The van der Waals surface area contributed by atoms with Crippen LogP contribution in [0.25, 0.3) is 66.9 Å². The van der Waals surface area contributed by atoms with Crippen LogP contribution in [0.4, 0.5) is 0 Å². The first kappa shape index (κ1) is 27.6. The van der Waals surface area contributed by atoms with Crippen molar-refractivity contribution in [1.29, 1.82) is 0 Å². The minimum Gasteiger partial charge on any atom is -0.458 e. The van der Waals surface area contributed by atoms with Crippen molar-refractivity contribution >= 4 is 55.8 Å². The highest BCUT2D eigenvalue weighted by Gasteiger charge is 2.47. The molecule has 10 heteroatoms. The molecular weight excluding hydrogens is 647 g/mol. The van der Waals surface area contributed by atoms with Crippen molar-refractivity contribution in [2.75, 3.05) is 0 Å². The van der Waals surface area contributed by atoms with Crippen LogP contribution in [0.5, 0.6) is 34.5 Å². The molecule has 6 aromatic carbocycles. The van der Waals surface area contributed by atoms with Gasteiger partial charge >= 0.3 is 0 Å². The normalized spacial score (nSPS) is 13.0. The smallest absolute Gasteiger partial charge is 0.270 e. The first-order valence-corrected chi connectivity index (χ1v) is 16.9. The van der Waals surface area contributed by atoms with Gasteiger partial charge in [-0.3, -0.25) is 0 Å². The van der Waals surface area contributed by atoms with Crippen molar-refractivity contribution in [2.24, 2.45) is 0 Å². The third kappa shape index (κ3) is 4.00. The van der Waals surface area contributed by atoms with Gasteiger partial charge in [0.25, 0.3) is 6.71 Å². The number of hydrogen-bond donors (Lipinski definition) is 0. The molecule has 0 saturated heterocycles. The van der Waals surface area contributed by atoms with E-state index in [1.54, 1.807) is 0 Å². The lowest BCUT2D eigenvalue weighted by Gasteiger charge is -2.38. The molecule has 240 valence electrons. The highest BCUT2D eigenvalue weighted by Crippen LogP contribution is 2.45. The lowest BCUT2D eigenvalue weighted by atomic mass is 9.33. The van der Waals surface area contributed by atoms with Crippen molar-refractivity contribution < 1.29 is 14.2 Å². The first-order chi connectivity index (χ1) is 25.7. The summed E-state index contributed by atoms with van der Waals surface area (Å²) in [5, 5.41) is 2.90. The highest BCUT2D eigenvalue weighted by molar-refractivity contribution is 6.99. The molecule has 3 aromatic heterocycles. The average molecular weight is 668 g/mol. The quantitative estimate of drug-likeness (QED) is 0.179. The van der Waals surface area contributed by atoms with Crippen molar-refractivity contribution in [2.45, 2.75) is 0 Å². The van der Waals surface area contributed by atoms with E-state index in [9.17, 15) is 0 Å². The van der Waals surface area contributed by atoms with Gasteiger partial charge in [-0.25, -0.2) is 29.9 Å². The number of ether oxygens (including phenoxy) is 3. The van der Waals surface area contributed by atoms with Gasteiger partial charge in [0.05, 0.1) is 16.6 Å². The number of benzene rings is 6. The molecule has 9 nitrogen and oxygen atoms in total. The molecule has 0 saturated carbocycles. The van der Waals surface area contributed by atoms with Gasteiger partial charge in [0.15, 0.2) is 17.5 Å². The molecule has 0 aliphatic carbocycles. The molecule has 0 bridgehead atoms. The van der Waals surface area contributed by atoms with E-state index >= 15 is 0 Å². The minimum absolute atomic E-state index is 0.207. The zero-order valence-electron chi connectivity index (χ0n) is 27.1. The summed E-state index contributed by atoms with van der Waals surface area (Å²) >= 11 is 0. The molecule has 0 spiro atoms. The van der Waals surface area contributed by atoms with Crippen LogP contribution >= 0.6 is 0 Å². The van der Waals surface area contributed by atoms with Crippen molar-refractivity contribution in [3.63, 3.8) is 0 Å².